The van der Waals surface area contributed by atoms with Crippen LogP contribution in [-0.4, -0.2) is 0 Å². The van der Waals surface area contributed by atoms with E-state index in [0.717, 1.165) is 38.1 Å². The summed E-state index contributed by atoms with van der Waals surface area (Å²) in [6, 6.07) is 26.7. The molecule has 0 amide bonds. The van der Waals surface area contributed by atoms with Crippen molar-refractivity contribution in [3.05, 3.63) is 83.9 Å². The average molecular weight is 329 g/mol. The minimum absolute atomic E-state index is 0.759. The summed E-state index contributed by atoms with van der Waals surface area (Å²) in [5, 5.41) is 5.42. The Hall–Kier alpha value is -2.77. The zero-order chi connectivity index (χ0) is 16.1. The van der Waals surface area contributed by atoms with Gasteiger partial charge in [0.2, 0.25) is 0 Å². The first-order chi connectivity index (χ1) is 11.8. The van der Waals surface area contributed by atoms with E-state index in [2.05, 4.69) is 36.4 Å². The Balaban J connectivity index is 2.04. The van der Waals surface area contributed by atoms with E-state index in [1.54, 1.807) is 0 Å². The van der Waals surface area contributed by atoms with Crippen LogP contribution in [0.5, 0.6) is 0 Å². The molecule has 0 aliphatic heterocycles. The van der Waals surface area contributed by atoms with Crippen LogP contribution in [0.1, 0.15) is 0 Å². The van der Waals surface area contributed by atoms with Crippen LogP contribution in [0.4, 0.5) is 0 Å². The lowest BCUT2D eigenvalue weighted by molar-refractivity contribution is 0.669. The van der Waals surface area contributed by atoms with E-state index in [4.69, 9.17) is 16.0 Å². The van der Waals surface area contributed by atoms with Crippen LogP contribution in [0.25, 0.3) is 43.8 Å². The number of hydrogen-bond acceptors (Lipinski definition) is 1. The van der Waals surface area contributed by atoms with Gasteiger partial charge in [-0.15, -0.1) is 0 Å². The second kappa shape index (κ2) is 5.12. The summed E-state index contributed by atoms with van der Waals surface area (Å²) in [5.41, 5.74) is 4.00. The van der Waals surface area contributed by atoms with Crippen molar-refractivity contribution >= 4 is 44.3 Å². The molecule has 1 aromatic heterocycles. The van der Waals surface area contributed by atoms with Crippen molar-refractivity contribution in [1.29, 1.82) is 0 Å². The summed E-state index contributed by atoms with van der Waals surface area (Å²) in [6.07, 6.45) is 0. The van der Waals surface area contributed by atoms with Crippen molar-refractivity contribution < 1.29 is 4.42 Å². The molecule has 0 bridgehead atoms. The smallest absolute Gasteiger partial charge is 0.136 e. The molecule has 0 atom stereocenters. The van der Waals surface area contributed by atoms with Gasteiger partial charge in [-0.05, 0) is 29.1 Å². The van der Waals surface area contributed by atoms with E-state index in [1.807, 2.05) is 42.5 Å². The maximum atomic E-state index is 6.48. The molecular formula is C22H13ClO. The van der Waals surface area contributed by atoms with Gasteiger partial charge < -0.3 is 4.42 Å². The van der Waals surface area contributed by atoms with Crippen molar-refractivity contribution in [2.24, 2.45) is 0 Å². The van der Waals surface area contributed by atoms with Crippen molar-refractivity contribution in [1.82, 2.24) is 0 Å². The molecule has 24 heavy (non-hydrogen) atoms. The van der Waals surface area contributed by atoms with Gasteiger partial charge in [0.25, 0.3) is 0 Å². The fraction of sp³-hybridized carbons (Fsp3) is 0. The molecule has 1 nitrogen and oxygen atoms in total. The summed E-state index contributed by atoms with van der Waals surface area (Å²) in [5.74, 6) is 0. The lowest BCUT2D eigenvalue weighted by atomic mass is 9.94. The van der Waals surface area contributed by atoms with Crippen molar-refractivity contribution in [2.75, 3.05) is 0 Å². The molecule has 0 aliphatic rings. The second-order valence-electron chi connectivity index (χ2n) is 5.92. The average Bonchev–Trinajstić information content (AvgIpc) is 3.00. The highest BCUT2D eigenvalue weighted by Crippen LogP contribution is 2.40. The lowest BCUT2D eigenvalue weighted by Crippen LogP contribution is -1.84. The van der Waals surface area contributed by atoms with Gasteiger partial charge in [0.15, 0.2) is 0 Å². The van der Waals surface area contributed by atoms with Crippen molar-refractivity contribution in [2.45, 2.75) is 0 Å². The molecule has 114 valence electrons. The Bertz CT molecular complexity index is 1220. The lowest BCUT2D eigenvalue weighted by Gasteiger charge is -2.10. The maximum Gasteiger partial charge on any atom is 0.136 e. The zero-order valence-electron chi connectivity index (χ0n) is 12.8. The summed E-state index contributed by atoms with van der Waals surface area (Å²) in [6.45, 7) is 0. The number of furan rings is 1. The van der Waals surface area contributed by atoms with E-state index in [1.165, 1.54) is 10.8 Å². The molecule has 4 aromatic carbocycles. The van der Waals surface area contributed by atoms with Crippen LogP contribution in [0.2, 0.25) is 5.02 Å². The maximum absolute atomic E-state index is 6.48. The third kappa shape index (κ3) is 1.88. The van der Waals surface area contributed by atoms with E-state index in [-0.39, 0.29) is 0 Å². The third-order valence-corrected chi connectivity index (χ3v) is 4.88. The van der Waals surface area contributed by atoms with Crippen LogP contribution in [-0.2, 0) is 0 Å². The van der Waals surface area contributed by atoms with E-state index in [0.29, 0.717) is 0 Å². The Kier molecular flexibility index (Phi) is 2.91. The molecule has 0 saturated heterocycles. The normalized spacial score (nSPS) is 11.5. The largest absolute Gasteiger partial charge is 0.456 e. The predicted molar refractivity (Wildman–Crippen MR) is 102 cm³/mol. The Morgan fingerprint density at radius 1 is 0.583 bits per heavy atom. The van der Waals surface area contributed by atoms with Crippen LogP contribution >= 0.6 is 11.6 Å². The quantitative estimate of drug-likeness (QED) is 0.321. The number of halogens is 1. The molecule has 5 aromatic rings. The molecule has 0 aliphatic carbocycles. The topological polar surface area (TPSA) is 13.1 Å². The highest BCUT2D eigenvalue weighted by atomic mass is 35.5. The van der Waals surface area contributed by atoms with Gasteiger partial charge in [0.1, 0.15) is 11.2 Å². The molecule has 0 saturated carbocycles. The van der Waals surface area contributed by atoms with Gasteiger partial charge in [0, 0.05) is 26.7 Å². The highest BCUT2D eigenvalue weighted by molar-refractivity contribution is 6.34. The number of hydrogen-bond donors (Lipinski definition) is 0. The number of para-hydroxylation sites is 1. The van der Waals surface area contributed by atoms with Crippen LogP contribution in [0, 0.1) is 0 Å². The third-order valence-electron chi connectivity index (χ3n) is 4.55. The molecule has 0 spiro atoms. The van der Waals surface area contributed by atoms with Gasteiger partial charge in [-0.1, -0.05) is 72.3 Å². The van der Waals surface area contributed by atoms with Gasteiger partial charge in [-0.3, -0.25) is 0 Å². The Labute approximate surface area is 144 Å². The van der Waals surface area contributed by atoms with Crippen LogP contribution in [0.15, 0.2) is 83.3 Å². The minimum atomic E-state index is 0.759. The Morgan fingerprint density at radius 3 is 2.29 bits per heavy atom. The van der Waals surface area contributed by atoms with Gasteiger partial charge in [-0.2, -0.15) is 0 Å². The summed E-state index contributed by atoms with van der Waals surface area (Å²) < 4.78 is 6.05. The highest BCUT2D eigenvalue weighted by Gasteiger charge is 2.14. The number of rotatable bonds is 1. The Morgan fingerprint density at radius 2 is 1.38 bits per heavy atom. The van der Waals surface area contributed by atoms with Gasteiger partial charge in [-0.25, -0.2) is 0 Å². The van der Waals surface area contributed by atoms with E-state index >= 15 is 0 Å². The van der Waals surface area contributed by atoms with Crippen LogP contribution < -0.4 is 0 Å². The zero-order valence-corrected chi connectivity index (χ0v) is 13.5. The monoisotopic (exact) mass is 328 g/mol. The van der Waals surface area contributed by atoms with E-state index in [9.17, 15) is 0 Å². The molecule has 0 radical (unpaired) electrons. The van der Waals surface area contributed by atoms with E-state index < -0.39 is 0 Å². The fourth-order valence-electron chi connectivity index (χ4n) is 3.50. The molecule has 2 heteroatoms. The van der Waals surface area contributed by atoms with Gasteiger partial charge >= 0.3 is 0 Å². The molecule has 0 N–H and O–H groups in total. The first-order valence-corrected chi connectivity index (χ1v) is 8.28. The molecule has 0 fully saturated rings. The predicted octanol–water partition coefficient (Wildman–Crippen LogP) is 7.06. The number of fused-ring (bicyclic) bond motifs is 5. The van der Waals surface area contributed by atoms with Crippen molar-refractivity contribution in [3.63, 3.8) is 0 Å². The standard InChI is InChI=1S/C22H13ClO/c23-18-10-3-1-7-15(18)16-9-5-6-14-12-13-20-22(21(14)16)17-8-2-4-11-19(17)24-20/h1-13H. The van der Waals surface area contributed by atoms with Crippen molar-refractivity contribution in [3.8, 4) is 11.1 Å². The summed E-state index contributed by atoms with van der Waals surface area (Å²) in [4.78, 5) is 0. The minimum Gasteiger partial charge on any atom is -0.456 e. The molecule has 1 heterocycles. The molecular weight excluding hydrogens is 316 g/mol. The summed E-state index contributed by atoms with van der Waals surface area (Å²) >= 11 is 6.48. The number of benzene rings is 4. The first-order valence-electron chi connectivity index (χ1n) is 7.91. The summed E-state index contributed by atoms with van der Waals surface area (Å²) in [7, 11) is 0. The molecule has 5 rings (SSSR count). The second-order valence-corrected chi connectivity index (χ2v) is 6.33. The SMILES string of the molecule is Clc1ccccc1-c1cccc2ccc3oc4ccccc4c3c12. The van der Waals surface area contributed by atoms with Gasteiger partial charge in [0.05, 0.1) is 0 Å². The molecule has 0 unspecified atom stereocenters. The fourth-order valence-corrected chi connectivity index (χ4v) is 3.73. The first kappa shape index (κ1) is 13.6. The van der Waals surface area contributed by atoms with Crippen LogP contribution in [0.3, 0.4) is 0 Å².